The lowest BCUT2D eigenvalue weighted by Gasteiger charge is -2.34. The van der Waals surface area contributed by atoms with Crippen molar-refractivity contribution < 1.29 is 9.53 Å². The maximum absolute atomic E-state index is 12.4. The van der Waals surface area contributed by atoms with Gasteiger partial charge in [0.2, 0.25) is 5.91 Å². The first-order valence-electron chi connectivity index (χ1n) is 9.71. The fourth-order valence-corrected chi connectivity index (χ4v) is 3.86. The molecule has 1 amide bonds. The zero-order chi connectivity index (χ0) is 19.1. The molecule has 6 heteroatoms. The number of aromatic nitrogens is 2. The first kappa shape index (κ1) is 19.4. The van der Waals surface area contributed by atoms with E-state index < -0.39 is 0 Å². The number of amides is 1. The highest BCUT2D eigenvalue weighted by molar-refractivity contribution is 5.77. The van der Waals surface area contributed by atoms with Gasteiger partial charge in [0.1, 0.15) is 5.75 Å². The average Bonchev–Trinajstić information content (AvgIpc) is 3.20. The Labute approximate surface area is 161 Å². The van der Waals surface area contributed by atoms with Crippen LogP contribution in [-0.4, -0.2) is 66.0 Å². The predicted octanol–water partition coefficient (Wildman–Crippen LogP) is 2.37. The average molecular weight is 370 g/mol. The van der Waals surface area contributed by atoms with E-state index >= 15 is 0 Å². The molecule has 27 heavy (non-hydrogen) atoms. The van der Waals surface area contributed by atoms with Crippen molar-refractivity contribution in [2.45, 2.75) is 25.7 Å². The number of imidazole rings is 1. The van der Waals surface area contributed by atoms with Crippen LogP contribution in [0, 0.1) is 5.92 Å². The summed E-state index contributed by atoms with van der Waals surface area (Å²) in [4.78, 5) is 23.8. The molecule has 0 saturated carbocycles. The zero-order valence-electron chi connectivity index (χ0n) is 16.4. The highest BCUT2D eigenvalue weighted by Gasteiger charge is 2.23. The van der Waals surface area contributed by atoms with Crippen LogP contribution in [0.2, 0.25) is 0 Å². The van der Waals surface area contributed by atoms with Gasteiger partial charge in [-0.05, 0) is 43.4 Å². The molecule has 6 nitrogen and oxygen atoms in total. The van der Waals surface area contributed by atoms with E-state index in [1.165, 1.54) is 18.4 Å². The molecule has 0 radical (unpaired) electrons. The number of carbonyl (C=O) groups is 1. The number of para-hydroxylation sites is 1. The minimum atomic E-state index is 0.144. The molecule has 0 bridgehead atoms. The summed E-state index contributed by atoms with van der Waals surface area (Å²) in [7, 11) is 3.64. The van der Waals surface area contributed by atoms with Crippen LogP contribution in [0.3, 0.4) is 0 Å². The largest absolute Gasteiger partial charge is 0.496 e. The third kappa shape index (κ3) is 5.57. The predicted molar refractivity (Wildman–Crippen MR) is 106 cm³/mol. The second-order valence-corrected chi connectivity index (χ2v) is 7.40. The summed E-state index contributed by atoms with van der Waals surface area (Å²) in [6, 6.07) is 8.24. The fraction of sp³-hybridized carbons (Fsp3) is 0.524. The quantitative estimate of drug-likeness (QED) is 0.775. The van der Waals surface area contributed by atoms with Crippen molar-refractivity contribution in [2.75, 3.05) is 40.3 Å². The summed E-state index contributed by atoms with van der Waals surface area (Å²) in [6.45, 7) is 4.04. The van der Waals surface area contributed by atoms with E-state index in [4.69, 9.17) is 4.74 Å². The second-order valence-electron chi connectivity index (χ2n) is 7.40. The molecular formula is C21H30N4O2. The number of hydrogen-bond donors (Lipinski definition) is 1. The topological polar surface area (TPSA) is 61.5 Å². The van der Waals surface area contributed by atoms with Gasteiger partial charge in [0.25, 0.3) is 0 Å². The Kier molecular flexibility index (Phi) is 6.87. The number of methoxy groups -OCH3 is 1. The fourth-order valence-electron chi connectivity index (χ4n) is 3.86. The van der Waals surface area contributed by atoms with E-state index in [2.05, 4.69) is 27.0 Å². The Hall–Kier alpha value is -2.34. The van der Waals surface area contributed by atoms with E-state index in [0.29, 0.717) is 12.3 Å². The van der Waals surface area contributed by atoms with Crippen LogP contribution >= 0.6 is 0 Å². The van der Waals surface area contributed by atoms with Gasteiger partial charge in [0.15, 0.2) is 0 Å². The van der Waals surface area contributed by atoms with Crippen molar-refractivity contribution in [1.29, 1.82) is 0 Å². The molecule has 2 aromatic rings. The van der Waals surface area contributed by atoms with Crippen LogP contribution in [0.4, 0.5) is 0 Å². The van der Waals surface area contributed by atoms with Crippen molar-refractivity contribution in [1.82, 2.24) is 19.8 Å². The van der Waals surface area contributed by atoms with E-state index in [0.717, 1.165) is 44.0 Å². The number of nitrogens with zero attached hydrogens (tertiary/aromatic N) is 3. The normalized spacial score (nSPS) is 17.6. The van der Waals surface area contributed by atoms with Crippen LogP contribution in [-0.2, 0) is 17.6 Å². The Bertz CT molecular complexity index is 717. The lowest BCUT2D eigenvalue weighted by molar-refractivity contribution is -0.130. The van der Waals surface area contributed by atoms with Gasteiger partial charge in [-0.15, -0.1) is 0 Å². The Morgan fingerprint density at radius 1 is 1.41 bits per heavy atom. The van der Waals surface area contributed by atoms with Crippen molar-refractivity contribution in [2.24, 2.45) is 5.92 Å². The van der Waals surface area contributed by atoms with Gasteiger partial charge in [-0.2, -0.15) is 0 Å². The summed E-state index contributed by atoms with van der Waals surface area (Å²) >= 11 is 0. The van der Waals surface area contributed by atoms with Crippen LogP contribution in [0.15, 0.2) is 36.8 Å². The van der Waals surface area contributed by atoms with E-state index in [-0.39, 0.29) is 5.91 Å². The zero-order valence-corrected chi connectivity index (χ0v) is 16.4. The van der Waals surface area contributed by atoms with Crippen molar-refractivity contribution >= 4 is 5.91 Å². The van der Waals surface area contributed by atoms with Gasteiger partial charge in [-0.1, -0.05) is 18.2 Å². The minimum Gasteiger partial charge on any atom is -0.496 e. The third-order valence-corrected chi connectivity index (χ3v) is 5.35. The summed E-state index contributed by atoms with van der Waals surface area (Å²) in [5.74, 6) is 1.65. The van der Waals surface area contributed by atoms with E-state index in [9.17, 15) is 4.79 Å². The smallest absolute Gasteiger partial charge is 0.228 e. The summed E-state index contributed by atoms with van der Waals surface area (Å²) < 4.78 is 5.46. The lowest BCUT2D eigenvalue weighted by atomic mass is 9.97. The molecule has 1 aliphatic heterocycles. The van der Waals surface area contributed by atoms with Crippen molar-refractivity contribution in [3.05, 3.63) is 48.0 Å². The van der Waals surface area contributed by atoms with Gasteiger partial charge in [-0.3, -0.25) is 4.79 Å². The Morgan fingerprint density at radius 3 is 3.04 bits per heavy atom. The number of ether oxygens (including phenoxy) is 1. The van der Waals surface area contributed by atoms with E-state index in [1.807, 2.05) is 24.1 Å². The number of H-pyrrole nitrogens is 1. The Morgan fingerprint density at radius 2 is 2.26 bits per heavy atom. The molecule has 0 spiro atoms. The molecule has 0 aliphatic carbocycles. The van der Waals surface area contributed by atoms with Gasteiger partial charge >= 0.3 is 0 Å². The van der Waals surface area contributed by atoms with Crippen LogP contribution in [0.5, 0.6) is 5.75 Å². The number of likely N-dealkylation sites (tertiary alicyclic amines) is 1. The van der Waals surface area contributed by atoms with Crippen molar-refractivity contribution in [3.63, 3.8) is 0 Å². The molecule has 1 N–H and O–H groups in total. The maximum atomic E-state index is 12.4. The summed E-state index contributed by atoms with van der Waals surface area (Å²) in [5.41, 5.74) is 2.13. The van der Waals surface area contributed by atoms with Crippen LogP contribution in [0.25, 0.3) is 0 Å². The molecule has 3 rings (SSSR count). The number of benzene rings is 1. The second kappa shape index (κ2) is 9.55. The van der Waals surface area contributed by atoms with Gasteiger partial charge in [0.05, 0.1) is 19.9 Å². The molecule has 1 aliphatic rings. The SMILES string of the molecule is COc1ccccc1CCN1CCC[C@H](CN(C)C(=O)Cc2cnc[nH]2)C1. The van der Waals surface area contributed by atoms with Gasteiger partial charge in [0, 0.05) is 38.6 Å². The van der Waals surface area contributed by atoms with Gasteiger partial charge in [-0.25, -0.2) is 4.98 Å². The maximum Gasteiger partial charge on any atom is 0.228 e. The molecule has 1 saturated heterocycles. The minimum absolute atomic E-state index is 0.144. The first-order chi connectivity index (χ1) is 13.2. The molecule has 2 heterocycles. The van der Waals surface area contributed by atoms with Crippen LogP contribution in [0.1, 0.15) is 24.1 Å². The number of piperidine rings is 1. The van der Waals surface area contributed by atoms with Crippen molar-refractivity contribution in [3.8, 4) is 5.75 Å². The first-order valence-corrected chi connectivity index (χ1v) is 9.71. The highest BCUT2D eigenvalue weighted by atomic mass is 16.5. The monoisotopic (exact) mass is 370 g/mol. The molecule has 1 aromatic carbocycles. The molecule has 0 unspecified atom stereocenters. The summed E-state index contributed by atoms with van der Waals surface area (Å²) in [6.07, 6.45) is 7.09. The van der Waals surface area contributed by atoms with Crippen LogP contribution < -0.4 is 4.74 Å². The number of hydrogen-bond acceptors (Lipinski definition) is 4. The summed E-state index contributed by atoms with van der Waals surface area (Å²) in [5, 5.41) is 0. The molecule has 146 valence electrons. The number of likely N-dealkylation sites (N-methyl/N-ethyl adjacent to an activating group) is 1. The number of rotatable bonds is 8. The molecule has 1 atom stereocenters. The Balaban J connectivity index is 1.46. The molecule has 1 fully saturated rings. The number of carbonyl (C=O) groups excluding carboxylic acids is 1. The van der Waals surface area contributed by atoms with E-state index in [1.54, 1.807) is 19.6 Å². The lowest BCUT2D eigenvalue weighted by Crippen LogP contribution is -2.42. The molecular weight excluding hydrogens is 340 g/mol. The third-order valence-electron chi connectivity index (χ3n) is 5.35. The van der Waals surface area contributed by atoms with Gasteiger partial charge < -0.3 is 19.5 Å². The number of aromatic amines is 1. The number of nitrogens with one attached hydrogen (secondary N) is 1. The molecule has 1 aromatic heterocycles. The standard InChI is InChI=1S/C21H30N4O2/c1-24(21(26)12-19-13-22-16-23-19)14-17-6-5-10-25(15-17)11-9-18-7-3-4-8-20(18)27-2/h3-4,7-8,13,16-17H,5-6,9-12,14-15H2,1-2H3,(H,22,23)/t17-/m1/s1. The highest BCUT2D eigenvalue weighted by Crippen LogP contribution is 2.21.